The predicted octanol–water partition coefficient (Wildman–Crippen LogP) is 0.768. The van der Waals surface area contributed by atoms with Gasteiger partial charge in [-0.25, -0.2) is 0 Å². The molecule has 1 fully saturated rings. The van der Waals surface area contributed by atoms with Crippen molar-refractivity contribution in [2.24, 2.45) is 0 Å². The first kappa shape index (κ1) is 16.5. The molecule has 1 aliphatic rings. The molecule has 7 heteroatoms. The van der Waals surface area contributed by atoms with Gasteiger partial charge in [0.15, 0.2) is 24.6 Å². The molecule has 0 aromatic heterocycles. The van der Waals surface area contributed by atoms with E-state index in [-0.39, 0.29) is 19.0 Å². The third-order valence-corrected chi connectivity index (χ3v) is 2.81. The number of rotatable bonds is 8. The van der Waals surface area contributed by atoms with E-state index < -0.39 is 30.7 Å². The number of carbonyl (C=O) groups is 2. The zero-order valence-electron chi connectivity index (χ0n) is 11.8. The van der Waals surface area contributed by atoms with Crippen molar-refractivity contribution < 1.29 is 33.3 Å². The van der Waals surface area contributed by atoms with Crippen LogP contribution >= 0.6 is 0 Å². The Balaban J connectivity index is 2.97. The summed E-state index contributed by atoms with van der Waals surface area (Å²) in [4.78, 5) is 21.3. The molecular weight excluding hydrogens is 268 g/mol. The largest absolute Gasteiger partial charge is 0.489 e. The first-order chi connectivity index (χ1) is 9.54. The Morgan fingerprint density at radius 2 is 1.65 bits per heavy atom. The Morgan fingerprint density at radius 3 is 2.15 bits per heavy atom. The normalized spacial score (nSPS) is 33.3. The van der Waals surface area contributed by atoms with Crippen LogP contribution in [-0.2, 0) is 33.3 Å². The van der Waals surface area contributed by atoms with Crippen LogP contribution in [0.1, 0.15) is 20.8 Å². The summed E-state index contributed by atoms with van der Waals surface area (Å²) in [7, 11) is 0. The van der Waals surface area contributed by atoms with Crippen molar-refractivity contribution >= 4 is 12.9 Å². The summed E-state index contributed by atoms with van der Waals surface area (Å²) < 4.78 is 26.5. The molecule has 0 saturated carbocycles. The third-order valence-electron chi connectivity index (χ3n) is 2.81. The van der Waals surface area contributed by atoms with E-state index in [1.54, 1.807) is 6.92 Å². The summed E-state index contributed by atoms with van der Waals surface area (Å²) in [6.45, 7) is 9.38. The molecule has 0 spiro atoms. The Hall–Kier alpha value is -1.60. The molecule has 20 heavy (non-hydrogen) atoms. The summed E-state index contributed by atoms with van der Waals surface area (Å²) >= 11 is 0. The molecular formula is C13H20O7. The number of ether oxygens (including phenoxy) is 5. The van der Waals surface area contributed by atoms with Gasteiger partial charge in [0.05, 0.1) is 18.5 Å². The summed E-state index contributed by atoms with van der Waals surface area (Å²) in [6, 6.07) is 0. The van der Waals surface area contributed by atoms with Crippen LogP contribution in [0.2, 0.25) is 0 Å². The maximum absolute atomic E-state index is 10.7. The Morgan fingerprint density at radius 1 is 1.05 bits per heavy atom. The van der Waals surface area contributed by atoms with Gasteiger partial charge < -0.3 is 23.7 Å². The highest BCUT2D eigenvalue weighted by Crippen LogP contribution is 2.28. The van der Waals surface area contributed by atoms with Crippen LogP contribution < -0.4 is 0 Å². The van der Waals surface area contributed by atoms with E-state index in [9.17, 15) is 9.59 Å². The highest BCUT2D eigenvalue weighted by atomic mass is 16.7. The van der Waals surface area contributed by atoms with Crippen LogP contribution in [-0.4, -0.2) is 49.8 Å². The fourth-order valence-corrected chi connectivity index (χ4v) is 2.08. The highest BCUT2D eigenvalue weighted by Gasteiger charge is 2.49. The Labute approximate surface area is 117 Å². The molecule has 0 aromatic rings. The van der Waals surface area contributed by atoms with E-state index in [1.807, 2.05) is 13.8 Å². The van der Waals surface area contributed by atoms with E-state index in [4.69, 9.17) is 23.7 Å². The van der Waals surface area contributed by atoms with E-state index >= 15 is 0 Å². The van der Waals surface area contributed by atoms with E-state index in [2.05, 4.69) is 6.58 Å². The van der Waals surface area contributed by atoms with Gasteiger partial charge in [0.25, 0.3) is 12.9 Å². The fraction of sp³-hybridized carbons (Fsp3) is 0.692. The second kappa shape index (κ2) is 7.86. The van der Waals surface area contributed by atoms with Crippen molar-refractivity contribution in [1.82, 2.24) is 0 Å². The smallest absolute Gasteiger partial charge is 0.293 e. The first-order valence-corrected chi connectivity index (χ1v) is 6.30. The van der Waals surface area contributed by atoms with Gasteiger partial charge in [-0.1, -0.05) is 6.58 Å². The van der Waals surface area contributed by atoms with Gasteiger partial charge >= 0.3 is 0 Å². The van der Waals surface area contributed by atoms with Crippen LogP contribution in [0.15, 0.2) is 12.8 Å². The van der Waals surface area contributed by atoms with E-state index in [0.29, 0.717) is 0 Å². The minimum atomic E-state index is -0.844. The van der Waals surface area contributed by atoms with Crippen LogP contribution in [0.5, 0.6) is 0 Å². The molecule has 0 aromatic carbocycles. The molecule has 0 aliphatic carbocycles. The van der Waals surface area contributed by atoms with Gasteiger partial charge in [0.2, 0.25) is 0 Å². The third kappa shape index (κ3) is 3.94. The minimum absolute atomic E-state index is 0.122. The molecule has 1 unspecified atom stereocenters. The standard InChI is InChI=1S/C13H20O7/c1-5-16-12-11(18-7-15)10(17-6-14)9(4)20-13(12)19-8(2)3/h5-13H,1H2,2-4H3/t9-,10+,11+,12-,13?/m0/s1. The molecule has 1 heterocycles. The number of hydrogen-bond acceptors (Lipinski definition) is 7. The second-order valence-corrected chi connectivity index (χ2v) is 4.56. The molecule has 5 atom stereocenters. The van der Waals surface area contributed by atoms with Gasteiger partial charge in [0.1, 0.15) is 0 Å². The van der Waals surface area contributed by atoms with Gasteiger partial charge in [-0.2, -0.15) is 0 Å². The molecule has 0 amide bonds. The molecule has 1 aliphatic heterocycles. The lowest BCUT2D eigenvalue weighted by Gasteiger charge is -2.43. The van der Waals surface area contributed by atoms with Crippen LogP contribution in [0.25, 0.3) is 0 Å². The zero-order chi connectivity index (χ0) is 15.1. The van der Waals surface area contributed by atoms with E-state index in [1.165, 1.54) is 6.26 Å². The van der Waals surface area contributed by atoms with Gasteiger partial charge in [-0.05, 0) is 20.8 Å². The predicted molar refractivity (Wildman–Crippen MR) is 67.5 cm³/mol. The monoisotopic (exact) mass is 288 g/mol. The maximum atomic E-state index is 10.7. The average Bonchev–Trinajstić information content (AvgIpc) is 2.37. The average molecular weight is 288 g/mol. The molecule has 0 N–H and O–H groups in total. The summed E-state index contributed by atoms with van der Waals surface area (Å²) in [5, 5.41) is 0. The summed E-state index contributed by atoms with van der Waals surface area (Å²) in [5.74, 6) is 0. The van der Waals surface area contributed by atoms with Crippen molar-refractivity contribution in [2.75, 3.05) is 0 Å². The van der Waals surface area contributed by atoms with E-state index in [0.717, 1.165) is 0 Å². The van der Waals surface area contributed by atoms with Crippen LogP contribution in [0.4, 0.5) is 0 Å². The number of carbonyl (C=O) groups excluding carboxylic acids is 2. The van der Waals surface area contributed by atoms with Crippen LogP contribution in [0.3, 0.4) is 0 Å². The van der Waals surface area contributed by atoms with Crippen molar-refractivity contribution in [3.05, 3.63) is 12.8 Å². The molecule has 114 valence electrons. The SMILES string of the molecule is C=CO[C@@H]1C(OC(C)C)O[C@@H](C)[C@@H](OC=O)[C@H]1OC=O. The Kier molecular flexibility index (Phi) is 6.47. The van der Waals surface area contributed by atoms with Crippen molar-refractivity contribution in [1.29, 1.82) is 0 Å². The quantitative estimate of drug-likeness (QED) is 0.482. The molecule has 1 saturated heterocycles. The topological polar surface area (TPSA) is 80.3 Å². The van der Waals surface area contributed by atoms with Crippen molar-refractivity contribution in [3.63, 3.8) is 0 Å². The van der Waals surface area contributed by atoms with Crippen LogP contribution in [0, 0.1) is 0 Å². The summed E-state index contributed by atoms with van der Waals surface area (Å²) in [6.07, 6.45) is -2.61. The highest BCUT2D eigenvalue weighted by molar-refractivity contribution is 5.40. The number of hydrogen-bond donors (Lipinski definition) is 0. The van der Waals surface area contributed by atoms with Crippen molar-refractivity contribution in [3.8, 4) is 0 Å². The lowest BCUT2D eigenvalue weighted by Crippen LogP contribution is -2.60. The zero-order valence-corrected chi connectivity index (χ0v) is 11.8. The summed E-state index contributed by atoms with van der Waals surface area (Å²) in [5.41, 5.74) is 0. The van der Waals surface area contributed by atoms with Gasteiger partial charge in [-0.3, -0.25) is 9.59 Å². The lowest BCUT2D eigenvalue weighted by atomic mass is 9.99. The molecule has 0 radical (unpaired) electrons. The second-order valence-electron chi connectivity index (χ2n) is 4.56. The molecule has 1 rings (SSSR count). The lowest BCUT2D eigenvalue weighted by molar-refractivity contribution is -0.302. The maximum Gasteiger partial charge on any atom is 0.293 e. The molecule has 0 bridgehead atoms. The van der Waals surface area contributed by atoms with Gasteiger partial charge in [-0.15, -0.1) is 0 Å². The minimum Gasteiger partial charge on any atom is -0.489 e. The van der Waals surface area contributed by atoms with Gasteiger partial charge in [0, 0.05) is 0 Å². The fourth-order valence-electron chi connectivity index (χ4n) is 2.08. The Bertz CT molecular complexity index is 331. The van der Waals surface area contributed by atoms with Crippen molar-refractivity contribution in [2.45, 2.75) is 57.6 Å². The first-order valence-electron chi connectivity index (χ1n) is 6.30. The molecule has 7 nitrogen and oxygen atoms in total.